The van der Waals surface area contributed by atoms with E-state index < -0.39 is 25.1 Å². The zero-order valence-electron chi connectivity index (χ0n) is 16.4. The van der Waals surface area contributed by atoms with Gasteiger partial charge in [0, 0.05) is 0 Å². The van der Waals surface area contributed by atoms with Crippen molar-refractivity contribution in [3.63, 3.8) is 0 Å². The fourth-order valence-electron chi connectivity index (χ4n) is 2.98. The van der Waals surface area contributed by atoms with Gasteiger partial charge in [-0.25, -0.2) is 0 Å². The van der Waals surface area contributed by atoms with Gasteiger partial charge < -0.3 is 0 Å². The third-order valence-corrected chi connectivity index (χ3v) is 18.7. The van der Waals surface area contributed by atoms with E-state index in [4.69, 9.17) is 6.15 Å². The van der Waals surface area contributed by atoms with Gasteiger partial charge in [0.2, 0.25) is 0 Å². The van der Waals surface area contributed by atoms with Gasteiger partial charge in [0.15, 0.2) is 0 Å². The Bertz CT molecular complexity index is 771. The first-order valence-electron chi connectivity index (χ1n) is 9.29. The zero-order valence-corrected chi connectivity index (χ0v) is 22.1. The number of aryl methyl sites for hydroxylation is 1. The number of phenols is 1. The van der Waals surface area contributed by atoms with Crippen molar-refractivity contribution in [2.24, 2.45) is 10.2 Å². The minimum absolute atomic E-state index is 0.115. The monoisotopic (exact) mass is 583 g/mol. The summed E-state index contributed by atoms with van der Waals surface area (Å²) in [7, 11) is 0. The van der Waals surface area contributed by atoms with E-state index in [1.807, 2.05) is 43.3 Å². The maximum absolute atomic E-state index is 10.00. The number of rotatable bonds is 9. The van der Waals surface area contributed by atoms with E-state index in [-0.39, 0.29) is 5.75 Å². The Morgan fingerprint density at radius 3 is 2.26 bits per heavy atom. The molecule has 5 nitrogen and oxygen atoms in total. The zero-order chi connectivity index (χ0) is 19.9. The molecule has 0 aliphatic heterocycles. The Kier molecular flexibility index (Phi) is 9.04. The summed E-state index contributed by atoms with van der Waals surface area (Å²) in [5, 5.41) is 18.6. The quantitative estimate of drug-likeness (QED) is 0.217. The van der Waals surface area contributed by atoms with Crippen LogP contribution < -0.4 is 0 Å². The molecule has 0 aliphatic rings. The fourth-order valence-corrected chi connectivity index (χ4v) is 11.8. The molecule has 1 atom stereocenters. The minimum atomic E-state index is -2.66. The van der Waals surface area contributed by atoms with E-state index >= 15 is 0 Å². The SMILES string of the molecule is C[CH2][Sn]([CH2]C)([CH2]C)[O]C([O][Sn])c1ccccc1N=Nc1cc(C)ccc1O. The number of hydrogen-bond acceptors (Lipinski definition) is 5. The molecule has 0 heterocycles. The molecule has 0 saturated carbocycles. The van der Waals surface area contributed by atoms with Gasteiger partial charge in [-0.2, -0.15) is 0 Å². The van der Waals surface area contributed by atoms with Crippen LogP contribution in [-0.4, -0.2) is 46.8 Å². The standard InChI is InChI=1S/C14H12N2O3.3C2H5.2Sn/c1-9-6-7-13(17)12(8-9)16-15-11-5-3-2-4-10(11)14(18)19;3*1-2;;/h2-8,14,17H,1H3;3*1H2,2H3;;/q-2;;;;2*+1. The molecule has 0 spiro atoms. The summed E-state index contributed by atoms with van der Waals surface area (Å²) >= 11 is -1.70. The van der Waals surface area contributed by atoms with Crippen LogP contribution in [0.15, 0.2) is 52.7 Å². The van der Waals surface area contributed by atoms with Crippen molar-refractivity contribution in [2.75, 3.05) is 0 Å². The predicted octanol–water partition coefficient (Wildman–Crippen LogP) is 6.24. The molecule has 0 amide bonds. The third kappa shape index (κ3) is 5.92. The summed E-state index contributed by atoms with van der Waals surface area (Å²) in [5.41, 5.74) is 3.07. The summed E-state index contributed by atoms with van der Waals surface area (Å²) in [6.07, 6.45) is -0.403. The van der Waals surface area contributed by atoms with Crippen LogP contribution in [0.4, 0.5) is 11.4 Å². The number of azo groups is 1. The van der Waals surface area contributed by atoms with Gasteiger partial charge in [0.1, 0.15) is 0 Å². The van der Waals surface area contributed by atoms with Crippen LogP contribution in [0.1, 0.15) is 38.2 Å². The first-order chi connectivity index (χ1) is 13.0. The van der Waals surface area contributed by atoms with Crippen LogP contribution in [-0.2, 0) is 6.15 Å². The Hall–Kier alpha value is -0.643. The molecule has 27 heavy (non-hydrogen) atoms. The number of nitrogens with zero attached hydrogens (tertiary/aromatic N) is 2. The van der Waals surface area contributed by atoms with E-state index in [9.17, 15) is 5.11 Å². The molecule has 2 aromatic rings. The van der Waals surface area contributed by atoms with Crippen LogP contribution in [0.25, 0.3) is 0 Å². The van der Waals surface area contributed by atoms with Crippen molar-refractivity contribution in [1.82, 2.24) is 0 Å². The van der Waals surface area contributed by atoms with E-state index in [0.717, 1.165) is 47.4 Å². The Morgan fingerprint density at radius 1 is 1.00 bits per heavy atom. The molecule has 0 aromatic heterocycles. The van der Waals surface area contributed by atoms with Crippen LogP contribution in [0.2, 0.25) is 13.3 Å². The van der Waals surface area contributed by atoms with Crippen LogP contribution >= 0.6 is 0 Å². The van der Waals surface area contributed by atoms with Gasteiger partial charge in [-0.1, -0.05) is 0 Å². The van der Waals surface area contributed by atoms with Gasteiger partial charge in [-0.15, -0.1) is 0 Å². The van der Waals surface area contributed by atoms with E-state index in [1.54, 1.807) is 6.07 Å². The summed E-state index contributed by atoms with van der Waals surface area (Å²) in [6, 6.07) is 13.0. The molecule has 3 radical (unpaired) electrons. The van der Waals surface area contributed by atoms with Crippen molar-refractivity contribution in [3.8, 4) is 5.75 Å². The summed E-state index contributed by atoms with van der Waals surface area (Å²) < 4.78 is 15.8. The number of benzene rings is 2. The predicted molar refractivity (Wildman–Crippen MR) is 111 cm³/mol. The molecule has 1 N–H and O–H groups in total. The Balaban J connectivity index is 2.35. The number of hydrogen-bond donors (Lipinski definition) is 1. The van der Waals surface area contributed by atoms with E-state index in [0.29, 0.717) is 11.4 Å². The molecule has 7 heteroatoms. The molecule has 2 rings (SSSR count). The fraction of sp³-hybridized carbons (Fsp3) is 0.400. The average molecular weight is 581 g/mol. The van der Waals surface area contributed by atoms with Gasteiger partial charge in [0.05, 0.1) is 0 Å². The summed E-state index contributed by atoms with van der Waals surface area (Å²) in [6.45, 7) is 8.65. The van der Waals surface area contributed by atoms with Gasteiger partial charge >= 0.3 is 181 Å². The number of phenolic OH excluding ortho intramolecular Hbond substituents is 1. The summed E-state index contributed by atoms with van der Waals surface area (Å²) in [5.74, 6) is 0.115. The van der Waals surface area contributed by atoms with Gasteiger partial charge in [0.25, 0.3) is 0 Å². The summed E-state index contributed by atoms with van der Waals surface area (Å²) in [4.78, 5) is 0. The van der Waals surface area contributed by atoms with E-state index in [1.165, 1.54) is 0 Å². The Morgan fingerprint density at radius 2 is 1.63 bits per heavy atom. The van der Waals surface area contributed by atoms with Crippen LogP contribution in [0.3, 0.4) is 0 Å². The second-order valence-electron chi connectivity index (χ2n) is 6.56. The van der Waals surface area contributed by atoms with Crippen molar-refractivity contribution in [1.29, 1.82) is 0 Å². The number of aromatic hydroxyl groups is 1. The molecule has 0 fully saturated rings. The topological polar surface area (TPSA) is 63.4 Å². The first-order valence-corrected chi connectivity index (χ1v) is 17.7. The second-order valence-corrected chi connectivity index (χ2v) is 20.7. The van der Waals surface area contributed by atoms with Crippen LogP contribution in [0, 0.1) is 6.92 Å². The molecule has 143 valence electrons. The molecular formula is C20H27N2O3Sn2. The molecule has 0 aliphatic carbocycles. The van der Waals surface area contributed by atoms with E-state index in [2.05, 4.69) is 31.0 Å². The normalized spacial score (nSPS) is 13.2. The van der Waals surface area contributed by atoms with Crippen molar-refractivity contribution in [3.05, 3.63) is 53.6 Å². The third-order valence-electron chi connectivity index (χ3n) is 4.98. The first kappa shape index (κ1) is 22.6. The molecule has 2 aromatic carbocycles. The van der Waals surface area contributed by atoms with Crippen LogP contribution in [0.5, 0.6) is 5.75 Å². The van der Waals surface area contributed by atoms with Gasteiger partial charge in [-0.05, 0) is 0 Å². The maximum atomic E-state index is 10.00. The molecular weight excluding hydrogens is 554 g/mol. The molecule has 0 bridgehead atoms. The van der Waals surface area contributed by atoms with Crippen molar-refractivity contribution >= 4 is 53.1 Å². The average Bonchev–Trinajstić information content (AvgIpc) is 2.71. The Labute approximate surface area is 180 Å². The van der Waals surface area contributed by atoms with Crippen molar-refractivity contribution < 1.29 is 11.3 Å². The molecule has 0 saturated heterocycles. The second kappa shape index (κ2) is 10.8. The van der Waals surface area contributed by atoms with Gasteiger partial charge in [-0.3, -0.25) is 0 Å². The van der Waals surface area contributed by atoms with Crippen molar-refractivity contribution in [2.45, 2.75) is 47.3 Å². The molecule has 1 unspecified atom stereocenters.